The number of anilines is 1. The Hall–Kier alpha value is -3.47. The van der Waals surface area contributed by atoms with Crippen LogP contribution in [0.3, 0.4) is 0 Å². The van der Waals surface area contributed by atoms with Gasteiger partial charge in [-0.2, -0.15) is 0 Å². The Kier molecular flexibility index (Phi) is 7.06. The van der Waals surface area contributed by atoms with Gasteiger partial charge in [-0.3, -0.25) is 0 Å². The van der Waals surface area contributed by atoms with Gasteiger partial charge < -0.3 is 19.9 Å². The van der Waals surface area contributed by atoms with E-state index in [1.54, 1.807) is 7.11 Å². The van der Waals surface area contributed by atoms with E-state index in [9.17, 15) is 4.79 Å². The number of nitrogens with two attached hydrogens (primary N) is 1. The number of ether oxygens (including phenoxy) is 3. The van der Waals surface area contributed by atoms with Crippen LogP contribution in [0.25, 0.3) is 0 Å². The summed E-state index contributed by atoms with van der Waals surface area (Å²) in [4.78, 5) is 22.9. The third kappa shape index (κ3) is 5.61. The van der Waals surface area contributed by atoms with Crippen molar-refractivity contribution in [2.45, 2.75) is 83.0 Å². The Morgan fingerprint density at radius 3 is 2.37 bits per heavy atom. The topological polar surface area (TPSA) is 99.8 Å². The van der Waals surface area contributed by atoms with Crippen LogP contribution in [0, 0.1) is 12.0 Å². The van der Waals surface area contributed by atoms with Gasteiger partial charge in [0, 0.05) is 18.4 Å². The predicted octanol–water partition coefficient (Wildman–Crippen LogP) is 5.01. The molecule has 8 heteroatoms. The van der Waals surface area contributed by atoms with Crippen LogP contribution >= 0.6 is 0 Å². The molecule has 2 saturated carbocycles. The zero-order valence-corrected chi connectivity index (χ0v) is 21.0. The Balaban J connectivity index is 1.73. The van der Waals surface area contributed by atoms with Gasteiger partial charge in [-0.05, 0) is 89.3 Å². The lowest BCUT2D eigenvalue weighted by Crippen LogP contribution is -2.52. The molecule has 1 amide bonds. The number of carbonyl (C=O) groups excluding carboxylic acids is 1. The molecule has 0 aliphatic heterocycles. The van der Waals surface area contributed by atoms with E-state index in [-0.39, 0.29) is 12.1 Å². The van der Waals surface area contributed by atoms with Gasteiger partial charge >= 0.3 is 6.09 Å². The summed E-state index contributed by atoms with van der Waals surface area (Å²) < 4.78 is 17.7. The van der Waals surface area contributed by atoms with Crippen LogP contribution in [0.2, 0.25) is 0 Å². The molecule has 0 atom stereocenters. The number of nitrogens with zero attached hydrogens (tertiary/aromatic N) is 3. The number of rotatable bonds is 5. The number of nitrogen functional groups attached to an aromatic ring is 1. The van der Waals surface area contributed by atoms with E-state index < -0.39 is 17.2 Å². The Morgan fingerprint density at radius 2 is 1.80 bits per heavy atom. The van der Waals surface area contributed by atoms with Crippen molar-refractivity contribution >= 4 is 12.0 Å². The predicted molar refractivity (Wildman–Crippen MR) is 133 cm³/mol. The van der Waals surface area contributed by atoms with Crippen molar-refractivity contribution in [3.8, 4) is 23.5 Å². The average molecular weight is 479 g/mol. The maximum absolute atomic E-state index is 13.4. The molecule has 2 fully saturated rings. The van der Waals surface area contributed by atoms with E-state index in [1.165, 1.54) is 30.1 Å². The zero-order chi connectivity index (χ0) is 25.1. The van der Waals surface area contributed by atoms with Crippen molar-refractivity contribution in [2.24, 2.45) is 0 Å². The first-order valence-electron chi connectivity index (χ1n) is 12.2. The third-order valence-electron chi connectivity index (χ3n) is 6.47. The number of carbonyl (C=O) groups is 1. The van der Waals surface area contributed by atoms with Crippen molar-refractivity contribution in [2.75, 3.05) is 12.8 Å². The fraction of sp³-hybridized carbons (Fsp3) is 0.519. The molecule has 0 spiro atoms. The molecule has 2 N–H and O–H groups in total. The van der Waals surface area contributed by atoms with E-state index in [4.69, 9.17) is 19.9 Å². The van der Waals surface area contributed by atoms with Crippen LogP contribution in [0.1, 0.15) is 76.8 Å². The molecule has 0 unspecified atom stereocenters. The van der Waals surface area contributed by atoms with Gasteiger partial charge in [-0.1, -0.05) is 6.07 Å². The molecule has 1 aromatic heterocycles. The van der Waals surface area contributed by atoms with Crippen LogP contribution in [0.5, 0.6) is 11.5 Å². The molecule has 35 heavy (non-hydrogen) atoms. The van der Waals surface area contributed by atoms with Crippen molar-refractivity contribution < 1.29 is 19.0 Å². The average Bonchev–Trinajstić information content (AvgIpc) is 3.28. The summed E-state index contributed by atoms with van der Waals surface area (Å²) >= 11 is 0. The van der Waals surface area contributed by atoms with Gasteiger partial charge in [0.15, 0.2) is 11.5 Å². The minimum Gasteiger partial charge on any atom is -0.493 e. The summed E-state index contributed by atoms with van der Waals surface area (Å²) in [6, 6.07) is 8.96. The quantitative estimate of drug-likeness (QED) is 0.476. The van der Waals surface area contributed by atoms with E-state index >= 15 is 0 Å². The molecular formula is C27H34N4O4. The maximum Gasteiger partial charge on any atom is 0.422 e. The van der Waals surface area contributed by atoms with Crippen molar-refractivity contribution in [1.82, 2.24) is 14.9 Å². The molecule has 2 aliphatic rings. The van der Waals surface area contributed by atoms with Gasteiger partial charge in [-0.25, -0.2) is 19.7 Å². The van der Waals surface area contributed by atoms with Crippen molar-refractivity contribution in [3.63, 3.8) is 0 Å². The number of benzene rings is 1. The molecule has 0 saturated heterocycles. The Bertz CT molecular complexity index is 1100. The highest BCUT2D eigenvalue weighted by atomic mass is 16.6. The minimum absolute atomic E-state index is 0.169. The smallest absolute Gasteiger partial charge is 0.422 e. The van der Waals surface area contributed by atoms with Crippen LogP contribution in [0.4, 0.5) is 10.7 Å². The second kappa shape index (κ2) is 10.0. The Labute approximate surface area is 207 Å². The fourth-order valence-electron chi connectivity index (χ4n) is 4.56. The maximum atomic E-state index is 13.4. The largest absolute Gasteiger partial charge is 0.493 e. The molecule has 0 radical (unpaired) electrons. The summed E-state index contributed by atoms with van der Waals surface area (Å²) in [5.74, 6) is 4.57. The molecular weight excluding hydrogens is 444 g/mol. The standard InChI is InChI=1S/C27H34N4O4/c1-26(2,3)35-25(32)31(15-12-19-17-29-24(28)30-18-19)27(13-7-14-27)20-10-11-22(33-4)23(16-20)34-21-8-5-6-9-21/h10-11,16-18,21H,5-9,13-14H2,1-4H3,(H2,28,29,30). The molecule has 2 aromatic rings. The second-order valence-corrected chi connectivity index (χ2v) is 10.2. The number of hydrogen-bond donors (Lipinski definition) is 1. The highest BCUT2D eigenvalue weighted by molar-refractivity contribution is 5.73. The van der Waals surface area contributed by atoms with Crippen LogP contribution in [0.15, 0.2) is 30.6 Å². The van der Waals surface area contributed by atoms with E-state index in [0.717, 1.165) is 37.7 Å². The van der Waals surface area contributed by atoms with Crippen LogP contribution in [-0.2, 0) is 10.3 Å². The van der Waals surface area contributed by atoms with Gasteiger partial charge in [0.1, 0.15) is 5.60 Å². The second-order valence-electron chi connectivity index (χ2n) is 10.2. The first kappa shape index (κ1) is 24.6. The molecule has 186 valence electrons. The summed E-state index contributed by atoms with van der Waals surface area (Å²) in [5, 5.41) is 0. The lowest BCUT2D eigenvalue weighted by molar-refractivity contribution is -0.00523. The van der Waals surface area contributed by atoms with Crippen LogP contribution < -0.4 is 15.2 Å². The van der Waals surface area contributed by atoms with Gasteiger partial charge in [0.2, 0.25) is 5.95 Å². The summed E-state index contributed by atoms with van der Waals surface area (Å²) in [5.41, 5.74) is 5.80. The molecule has 0 bridgehead atoms. The molecule has 1 heterocycles. The first-order valence-corrected chi connectivity index (χ1v) is 12.2. The van der Waals surface area contributed by atoms with Gasteiger partial charge in [0.25, 0.3) is 0 Å². The SMILES string of the molecule is COc1ccc(C2(N(C#Cc3cnc(N)nc3)C(=O)OC(C)(C)C)CCC2)cc1OC1CCCC1. The number of methoxy groups -OCH3 is 1. The highest BCUT2D eigenvalue weighted by Gasteiger charge is 2.48. The molecule has 4 rings (SSSR count). The lowest BCUT2D eigenvalue weighted by atomic mass is 9.70. The molecule has 2 aliphatic carbocycles. The summed E-state index contributed by atoms with van der Waals surface area (Å²) in [6.07, 6.45) is 9.68. The summed E-state index contributed by atoms with van der Waals surface area (Å²) in [7, 11) is 1.64. The highest BCUT2D eigenvalue weighted by Crippen LogP contribution is 2.49. The lowest BCUT2D eigenvalue weighted by Gasteiger charge is -2.47. The van der Waals surface area contributed by atoms with E-state index in [0.29, 0.717) is 17.1 Å². The Morgan fingerprint density at radius 1 is 1.11 bits per heavy atom. The van der Waals surface area contributed by atoms with E-state index in [1.807, 2.05) is 39.0 Å². The number of amides is 1. The van der Waals surface area contributed by atoms with Gasteiger partial charge in [0.05, 0.1) is 24.3 Å². The molecule has 8 nitrogen and oxygen atoms in total. The molecule has 1 aromatic carbocycles. The van der Waals surface area contributed by atoms with E-state index in [2.05, 4.69) is 21.9 Å². The van der Waals surface area contributed by atoms with Crippen molar-refractivity contribution in [1.29, 1.82) is 0 Å². The monoisotopic (exact) mass is 478 g/mol. The van der Waals surface area contributed by atoms with Gasteiger partial charge in [-0.15, -0.1) is 0 Å². The van der Waals surface area contributed by atoms with Crippen LogP contribution in [-0.4, -0.2) is 39.8 Å². The van der Waals surface area contributed by atoms with Crippen molar-refractivity contribution in [3.05, 3.63) is 41.7 Å². The zero-order valence-electron chi connectivity index (χ0n) is 21.0. The summed E-state index contributed by atoms with van der Waals surface area (Å²) in [6.45, 7) is 5.54. The number of hydrogen-bond acceptors (Lipinski definition) is 7. The third-order valence-corrected chi connectivity index (χ3v) is 6.47. The fourth-order valence-corrected chi connectivity index (χ4v) is 4.56. The minimum atomic E-state index is -0.664. The normalized spacial score (nSPS) is 17.0. The number of aromatic nitrogens is 2. The first-order chi connectivity index (χ1) is 16.7.